The molecule has 4 aliphatic rings. The van der Waals surface area contributed by atoms with Crippen LogP contribution in [0.2, 0.25) is 0 Å². The number of carbonyl (C=O) groups is 2. The largest absolute Gasteiger partial charge is 0.325 e. The monoisotopic (exact) mass is 450 g/mol. The first-order valence-corrected chi connectivity index (χ1v) is 12.1. The second kappa shape index (κ2) is 8.82. The normalized spacial score (nSPS) is 26.0. The molecule has 33 heavy (non-hydrogen) atoms. The smallest absolute Gasteiger partial charge is 0.314 e. The molecule has 0 aromatic heterocycles. The average molecular weight is 451 g/mol. The van der Waals surface area contributed by atoms with Gasteiger partial charge in [0.15, 0.2) is 12.2 Å². The van der Waals surface area contributed by atoms with Gasteiger partial charge in [0, 0.05) is 25.0 Å². The van der Waals surface area contributed by atoms with Crippen molar-refractivity contribution in [1.82, 2.24) is 24.9 Å². The van der Waals surface area contributed by atoms with Crippen LogP contribution < -0.4 is 5.32 Å². The van der Waals surface area contributed by atoms with Crippen molar-refractivity contribution in [3.8, 4) is 0 Å². The second-order valence-electron chi connectivity index (χ2n) is 9.71. The third kappa shape index (κ3) is 4.01. The number of aliphatic imine (C=N–C) groups is 1. The maximum atomic E-state index is 12.6. The molecule has 0 saturated carbocycles. The first-order chi connectivity index (χ1) is 15.9. The highest BCUT2D eigenvalue weighted by molar-refractivity contribution is 6.05. The van der Waals surface area contributed by atoms with Crippen molar-refractivity contribution in [2.75, 3.05) is 33.2 Å². The van der Waals surface area contributed by atoms with Gasteiger partial charge < -0.3 is 14.7 Å². The van der Waals surface area contributed by atoms with Crippen molar-refractivity contribution >= 4 is 17.9 Å². The summed E-state index contributed by atoms with van der Waals surface area (Å²) in [6.07, 6.45) is 4.28. The highest BCUT2D eigenvalue weighted by atomic mass is 16.2. The van der Waals surface area contributed by atoms with Crippen LogP contribution in [0.5, 0.6) is 0 Å². The van der Waals surface area contributed by atoms with Gasteiger partial charge in [-0.05, 0) is 70.6 Å². The van der Waals surface area contributed by atoms with Crippen molar-refractivity contribution in [3.05, 3.63) is 47.3 Å². The van der Waals surface area contributed by atoms with Crippen LogP contribution in [0.15, 0.2) is 46.7 Å². The lowest BCUT2D eigenvalue weighted by Crippen LogP contribution is -2.63. The highest BCUT2D eigenvalue weighted by Gasteiger charge is 2.52. The minimum absolute atomic E-state index is 0.269. The fourth-order valence-electron chi connectivity index (χ4n) is 5.61. The summed E-state index contributed by atoms with van der Waals surface area (Å²) in [6.45, 7) is 8.39. The fraction of sp³-hybridized carbons (Fsp3) is 0.560. The van der Waals surface area contributed by atoms with Crippen LogP contribution in [0.25, 0.3) is 0 Å². The number of nitrogens with zero attached hydrogens (tertiary/aromatic N) is 5. The Morgan fingerprint density at radius 3 is 2.48 bits per heavy atom. The molecule has 0 aliphatic carbocycles. The zero-order valence-corrected chi connectivity index (χ0v) is 19.8. The van der Waals surface area contributed by atoms with Crippen molar-refractivity contribution in [3.63, 3.8) is 0 Å². The van der Waals surface area contributed by atoms with Crippen molar-refractivity contribution in [2.45, 2.75) is 51.7 Å². The number of imide groups is 1. The molecule has 1 aromatic rings. The van der Waals surface area contributed by atoms with E-state index in [1.165, 1.54) is 29.7 Å². The summed E-state index contributed by atoms with van der Waals surface area (Å²) in [7, 11) is 1.70. The van der Waals surface area contributed by atoms with E-state index >= 15 is 0 Å². The van der Waals surface area contributed by atoms with Gasteiger partial charge in [-0.2, -0.15) is 0 Å². The summed E-state index contributed by atoms with van der Waals surface area (Å²) in [5, 5.41) is 2.45. The van der Waals surface area contributed by atoms with E-state index in [2.05, 4.69) is 52.4 Å². The Labute approximate surface area is 195 Å². The molecule has 2 unspecified atom stereocenters. The van der Waals surface area contributed by atoms with Gasteiger partial charge >= 0.3 is 6.03 Å². The third-order valence-corrected chi connectivity index (χ3v) is 7.70. The molecule has 0 radical (unpaired) electrons. The Balaban J connectivity index is 1.15. The molecule has 2 atom stereocenters. The number of likely N-dealkylation sites (tertiary alicyclic amines) is 1. The molecule has 4 heterocycles. The molecule has 2 saturated heterocycles. The van der Waals surface area contributed by atoms with Crippen LogP contribution in [0.1, 0.15) is 38.7 Å². The topological polar surface area (TPSA) is 71.5 Å². The number of benzene rings is 1. The number of guanidine groups is 1. The van der Waals surface area contributed by atoms with Crippen LogP contribution in [-0.2, 0) is 11.2 Å². The number of hydrogen-bond donors (Lipinski definition) is 1. The summed E-state index contributed by atoms with van der Waals surface area (Å²) in [6, 6.07) is 9.97. The molecular formula is C25H34N6O2. The molecule has 5 rings (SSSR count). The number of carbonyl (C=O) groups excluding carboxylic acids is 2. The lowest BCUT2D eigenvalue weighted by atomic mass is 9.90. The van der Waals surface area contributed by atoms with Crippen LogP contribution in [0.3, 0.4) is 0 Å². The van der Waals surface area contributed by atoms with Gasteiger partial charge in [-0.1, -0.05) is 30.3 Å². The lowest BCUT2D eigenvalue weighted by Gasteiger charge is -2.35. The Morgan fingerprint density at radius 1 is 1.03 bits per heavy atom. The Kier molecular flexibility index (Phi) is 5.86. The molecule has 1 N–H and O–H groups in total. The maximum Gasteiger partial charge on any atom is 0.325 e. The van der Waals surface area contributed by atoms with Gasteiger partial charge in [0.25, 0.3) is 5.91 Å². The number of urea groups is 1. The molecule has 8 nitrogen and oxygen atoms in total. The van der Waals surface area contributed by atoms with E-state index in [0.717, 1.165) is 55.9 Å². The van der Waals surface area contributed by atoms with Gasteiger partial charge in [0.1, 0.15) is 0 Å². The summed E-state index contributed by atoms with van der Waals surface area (Å²) in [5.41, 5.74) is 3.63. The molecule has 8 heteroatoms. The molecular weight excluding hydrogens is 416 g/mol. The number of rotatable bonds is 6. The van der Waals surface area contributed by atoms with E-state index in [0.29, 0.717) is 0 Å². The van der Waals surface area contributed by atoms with Gasteiger partial charge in [-0.3, -0.25) is 15.0 Å². The molecule has 0 spiro atoms. The number of allylic oxidation sites excluding steroid dienone is 2. The number of hydrogen-bond acceptors (Lipinski definition) is 6. The fourth-order valence-corrected chi connectivity index (χ4v) is 5.61. The number of amides is 3. The standard InChI is InChI=1S/C25H34N6O2/c1-17-18(2)31-21-22(28(3)25(33)27-23(21)32)26-24(31)30(17)13-7-12-29-14-10-20(11-15-29)16-19-8-5-4-6-9-19/h4-6,8-9,20-22H,7,10-16H2,1-3H3,(H,27,32,33). The van der Waals surface area contributed by atoms with Crippen molar-refractivity contribution in [1.29, 1.82) is 0 Å². The lowest BCUT2D eigenvalue weighted by molar-refractivity contribution is -0.126. The summed E-state index contributed by atoms with van der Waals surface area (Å²) in [4.78, 5) is 37.8. The van der Waals surface area contributed by atoms with Gasteiger partial charge in [-0.25, -0.2) is 9.79 Å². The Morgan fingerprint density at radius 2 is 1.76 bits per heavy atom. The quantitative estimate of drug-likeness (QED) is 0.721. The first-order valence-electron chi connectivity index (χ1n) is 12.1. The van der Waals surface area contributed by atoms with Crippen LogP contribution in [0, 0.1) is 5.92 Å². The Hall–Kier alpha value is -2.87. The predicted octanol–water partition coefficient (Wildman–Crippen LogP) is 2.45. The van der Waals surface area contributed by atoms with Gasteiger partial charge in [0.05, 0.1) is 0 Å². The number of fused-ring (bicyclic) bond motifs is 3. The summed E-state index contributed by atoms with van der Waals surface area (Å²) < 4.78 is 0. The van der Waals surface area contributed by atoms with Crippen LogP contribution in [-0.4, -0.2) is 82.9 Å². The third-order valence-electron chi connectivity index (χ3n) is 7.70. The molecule has 4 aliphatic heterocycles. The van der Waals surface area contributed by atoms with E-state index in [9.17, 15) is 9.59 Å². The van der Waals surface area contributed by atoms with E-state index < -0.39 is 12.2 Å². The second-order valence-corrected chi connectivity index (χ2v) is 9.71. The maximum absolute atomic E-state index is 12.6. The number of nitrogens with one attached hydrogen (secondary N) is 1. The minimum Gasteiger partial charge on any atom is -0.314 e. The average Bonchev–Trinajstić information content (AvgIpc) is 3.31. The van der Waals surface area contributed by atoms with Crippen molar-refractivity contribution in [2.24, 2.45) is 10.9 Å². The van der Waals surface area contributed by atoms with E-state index in [1.807, 2.05) is 11.8 Å². The van der Waals surface area contributed by atoms with Crippen molar-refractivity contribution < 1.29 is 9.59 Å². The molecule has 3 amide bonds. The molecule has 176 valence electrons. The highest BCUT2D eigenvalue weighted by Crippen LogP contribution is 2.36. The minimum atomic E-state index is -0.480. The van der Waals surface area contributed by atoms with Crippen LogP contribution in [0.4, 0.5) is 4.79 Å². The zero-order chi connectivity index (χ0) is 23.1. The van der Waals surface area contributed by atoms with Gasteiger partial charge in [-0.15, -0.1) is 0 Å². The molecule has 2 fully saturated rings. The Bertz CT molecular complexity index is 982. The molecule has 1 aromatic carbocycles. The first kappa shape index (κ1) is 21.9. The summed E-state index contributed by atoms with van der Waals surface area (Å²) >= 11 is 0. The molecule has 0 bridgehead atoms. The zero-order valence-electron chi connectivity index (χ0n) is 19.8. The number of likely N-dealkylation sites (N-methyl/N-ethyl adjacent to an activating group) is 1. The SMILES string of the molecule is CC1=C(C)N2C(=NC3C2C(=O)NC(=O)N3C)N1CCCN1CCC(Cc2ccccc2)CC1. The van der Waals surface area contributed by atoms with Gasteiger partial charge in [0.2, 0.25) is 5.96 Å². The van der Waals surface area contributed by atoms with E-state index in [4.69, 9.17) is 4.99 Å². The summed E-state index contributed by atoms with van der Waals surface area (Å²) in [5.74, 6) is 1.32. The predicted molar refractivity (Wildman–Crippen MR) is 127 cm³/mol. The van der Waals surface area contributed by atoms with Crippen LogP contribution >= 0.6 is 0 Å². The van der Waals surface area contributed by atoms with E-state index in [-0.39, 0.29) is 11.9 Å². The number of piperidine rings is 1. The van der Waals surface area contributed by atoms with E-state index in [1.54, 1.807) is 7.05 Å².